The molecular formula is C19H20F3N3O2. The number of esters is 1. The lowest BCUT2D eigenvalue weighted by Gasteiger charge is -2.40. The van der Waals surface area contributed by atoms with Crippen LogP contribution < -0.4 is 5.73 Å². The molecule has 8 heteroatoms. The van der Waals surface area contributed by atoms with Crippen LogP contribution in [0, 0.1) is 0 Å². The molecule has 1 fully saturated rings. The number of carbonyl (C=O) groups excluding carboxylic acids is 1. The number of rotatable bonds is 5. The Kier molecular flexibility index (Phi) is 5.08. The van der Waals surface area contributed by atoms with Gasteiger partial charge in [-0.05, 0) is 36.8 Å². The van der Waals surface area contributed by atoms with E-state index < -0.39 is 17.2 Å². The maximum Gasteiger partial charge on any atom is 0.419 e. The molecule has 0 amide bonds. The third-order valence-electron chi connectivity index (χ3n) is 5.14. The van der Waals surface area contributed by atoms with E-state index in [-0.39, 0.29) is 24.0 Å². The van der Waals surface area contributed by atoms with Crippen LogP contribution in [0.25, 0.3) is 0 Å². The van der Waals surface area contributed by atoms with Crippen LogP contribution in [0.3, 0.4) is 0 Å². The van der Waals surface area contributed by atoms with Crippen molar-refractivity contribution >= 4 is 11.9 Å². The van der Waals surface area contributed by atoms with Crippen LogP contribution >= 0.6 is 0 Å². The summed E-state index contributed by atoms with van der Waals surface area (Å²) in [5.74, 6) is -0.500. The lowest BCUT2D eigenvalue weighted by atomic mass is 9.63. The summed E-state index contributed by atoms with van der Waals surface area (Å²) in [6.07, 6.45) is -1.25. The first-order valence-electron chi connectivity index (χ1n) is 8.63. The summed E-state index contributed by atoms with van der Waals surface area (Å²) in [4.78, 5) is 19.6. The van der Waals surface area contributed by atoms with E-state index >= 15 is 0 Å². The average Bonchev–Trinajstić information content (AvgIpc) is 2.58. The second-order valence-corrected chi connectivity index (χ2v) is 6.67. The Morgan fingerprint density at radius 3 is 2.56 bits per heavy atom. The number of anilines is 1. The maximum absolute atomic E-state index is 13.2. The van der Waals surface area contributed by atoms with Gasteiger partial charge in [0.2, 0.25) is 5.95 Å². The van der Waals surface area contributed by atoms with Gasteiger partial charge in [-0.15, -0.1) is 0 Å². The number of nitrogens with zero attached hydrogens (tertiary/aromatic N) is 2. The van der Waals surface area contributed by atoms with Gasteiger partial charge in [0.15, 0.2) is 0 Å². The molecule has 5 nitrogen and oxygen atoms in total. The van der Waals surface area contributed by atoms with Crippen LogP contribution in [0.15, 0.2) is 30.5 Å². The summed E-state index contributed by atoms with van der Waals surface area (Å²) in [6, 6.07) is 7.31. The topological polar surface area (TPSA) is 78.1 Å². The van der Waals surface area contributed by atoms with Gasteiger partial charge in [0.25, 0.3) is 0 Å². The number of aromatic nitrogens is 2. The average molecular weight is 379 g/mol. The number of hydrogen-bond donors (Lipinski definition) is 1. The molecule has 2 aromatic rings. The lowest BCUT2D eigenvalue weighted by Crippen LogP contribution is -2.44. The van der Waals surface area contributed by atoms with Gasteiger partial charge in [-0.25, -0.2) is 9.97 Å². The van der Waals surface area contributed by atoms with Crippen LogP contribution in [-0.4, -0.2) is 23.0 Å². The van der Waals surface area contributed by atoms with E-state index in [1.807, 2.05) is 24.3 Å². The monoisotopic (exact) mass is 379 g/mol. The Morgan fingerprint density at radius 1 is 1.26 bits per heavy atom. The van der Waals surface area contributed by atoms with Crippen LogP contribution in [0.4, 0.5) is 19.1 Å². The summed E-state index contributed by atoms with van der Waals surface area (Å²) >= 11 is 0. The fraction of sp³-hybridized carbons (Fsp3) is 0.421. The third kappa shape index (κ3) is 3.61. The fourth-order valence-corrected chi connectivity index (χ4v) is 3.63. The Hall–Kier alpha value is -2.64. The molecule has 0 atom stereocenters. The van der Waals surface area contributed by atoms with Gasteiger partial charge in [0.1, 0.15) is 0 Å². The number of ether oxygens (including phenoxy) is 1. The number of aryl methyl sites for hydroxylation is 2. The zero-order valence-corrected chi connectivity index (χ0v) is 14.8. The summed E-state index contributed by atoms with van der Waals surface area (Å²) in [6.45, 7) is 0. The molecule has 27 heavy (non-hydrogen) atoms. The van der Waals surface area contributed by atoms with E-state index in [0.29, 0.717) is 25.5 Å². The number of benzene rings is 1. The molecule has 0 bridgehead atoms. The van der Waals surface area contributed by atoms with Crippen molar-refractivity contribution in [1.29, 1.82) is 0 Å². The lowest BCUT2D eigenvalue weighted by molar-refractivity contribution is -0.151. The molecule has 0 spiro atoms. The molecule has 0 radical (unpaired) electrons. The van der Waals surface area contributed by atoms with Crippen molar-refractivity contribution in [1.82, 2.24) is 9.97 Å². The summed E-state index contributed by atoms with van der Waals surface area (Å²) in [5.41, 5.74) is 5.37. The number of methoxy groups -OCH3 is 1. The van der Waals surface area contributed by atoms with E-state index in [2.05, 4.69) is 9.97 Å². The quantitative estimate of drug-likeness (QED) is 0.805. The molecule has 1 heterocycles. The van der Waals surface area contributed by atoms with Crippen molar-refractivity contribution in [2.75, 3.05) is 12.8 Å². The number of alkyl halides is 3. The van der Waals surface area contributed by atoms with Gasteiger partial charge in [-0.1, -0.05) is 30.7 Å². The Balaban J connectivity index is 1.91. The van der Waals surface area contributed by atoms with Gasteiger partial charge in [0, 0.05) is 6.20 Å². The van der Waals surface area contributed by atoms with E-state index in [0.717, 1.165) is 17.5 Å². The fourth-order valence-electron chi connectivity index (χ4n) is 3.63. The largest absolute Gasteiger partial charge is 0.468 e. The second-order valence-electron chi connectivity index (χ2n) is 6.67. The highest BCUT2D eigenvalue weighted by molar-refractivity contribution is 5.84. The van der Waals surface area contributed by atoms with E-state index in [1.54, 1.807) is 0 Å². The molecule has 0 aliphatic heterocycles. The smallest absolute Gasteiger partial charge is 0.419 e. The van der Waals surface area contributed by atoms with E-state index in [9.17, 15) is 18.0 Å². The van der Waals surface area contributed by atoms with Gasteiger partial charge in [-0.3, -0.25) is 4.79 Å². The predicted molar refractivity (Wildman–Crippen MR) is 92.8 cm³/mol. The first-order valence-corrected chi connectivity index (χ1v) is 8.63. The Morgan fingerprint density at radius 2 is 1.96 bits per heavy atom. The Labute approximate surface area is 154 Å². The molecule has 1 aromatic carbocycles. The summed E-state index contributed by atoms with van der Waals surface area (Å²) < 4.78 is 44.6. The van der Waals surface area contributed by atoms with Gasteiger partial charge in [0.05, 0.1) is 23.8 Å². The van der Waals surface area contributed by atoms with Crippen molar-refractivity contribution in [3.05, 3.63) is 52.8 Å². The molecule has 144 valence electrons. The molecule has 1 saturated carbocycles. The molecule has 0 saturated heterocycles. The Bertz CT molecular complexity index is 848. The van der Waals surface area contributed by atoms with E-state index in [4.69, 9.17) is 10.5 Å². The standard InChI is InChI=1S/C19H20F3N3O2/c1-27-16(26)18(9-4-10-18)13-6-3-2-5-12(13)7-8-15-14(19(20,21)22)11-24-17(23)25-15/h2-3,5-6,11H,4,7-10H2,1H3,(H2,23,24,25). The van der Waals surface area contributed by atoms with Gasteiger partial charge in [-0.2, -0.15) is 13.2 Å². The molecule has 1 aliphatic carbocycles. The highest BCUT2D eigenvalue weighted by atomic mass is 19.4. The highest BCUT2D eigenvalue weighted by Gasteiger charge is 2.47. The molecule has 1 aromatic heterocycles. The highest BCUT2D eigenvalue weighted by Crippen LogP contribution is 2.46. The predicted octanol–water partition coefficient (Wildman–Crippen LogP) is 3.46. The maximum atomic E-state index is 13.2. The van der Waals surface area contributed by atoms with Crippen LogP contribution in [0.5, 0.6) is 0 Å². The number of nitrogen functional groups attached to an aromatic ring is 1. The van der Waals surface area contributed by atoms with Crippen molar-refractivity contribution in [2.45, 2.75) is 43.7 Å². The molecule has 2 N–H and O–H groups in total. The third-order valence-corrected chi connectivity index (χ3v) is 5.14. The first kappa shape index (κ1) is 19.1. The normalized spacial score (nSPS) is 15.9. The van der Waals surface area contributed by atoms with Crippen molar-refractivity contribution in [2.24, 2.45) is 0 Å². The minimum Gasteiger partial charge on any atom is -0.468 e. The number of hydrogen-bond acceptors (Lipinski definition) is 5. The zero-order chi connectivity index (χ0) is 19.7. The van der Waals surface area contributed by atoms with Crippen LogP contribution in [0.2, 0.25) is 0 Å². The number of nitrogens with two attached hydrogens (primary N) is 1. The van der Waals surface area contributed by atoms with Crippen molar-refractivity contribution < 1.29 is 22.7 Å². The summed E-state index contributed by atoms with van der Waals surface area (Å²) in [7, 11) is 1.35. The zero-order valence-electron chi connectivity index (χ0n) is 14.8. The minimum atomic E-state index is -4.55. The number of halogens is 3. The van der Waals surface area contributed by atoms with Crippen LogP contribution in [0.1, 0.15) is 41.6 Å². The van der Waals surface area contributed by atoms with E-state index in [1.165, 1.54) is 7.11 Å². The van der Waals surface area contributed by atoms with Crippen molar-refractivity contribution in [3.63, 3.8) is 0 Å². The first-order chi connectivity index (χ1) is 12.8. The molecule has 1 aliphatic rings. The van der Waals surface area contributed by atoms with Gasteiger partial charge < -0.3 is 10.5 Å². The molecular weight excluding hydrogens is 359 g/mol. The van der Waals surface area contributed by atoms with Gasteiger partial charge >= 0.3 is 12.1 Å². The molecule has 0 unspecified atom stereocenters. The molecule has 3 rings (SSSR count). The minimum absolute atomic E-state index is 0.0375. The number of carbonyl (C=O) groups is 1. The van der Waals surface area contributed by atoms with Crippen LogP contribution in [-0.2, 0) is 34.0 Å². The van der Waals surface area contributed by atoms with Crippen molar-refractivity contribution in [3.8, 4) is 0 Å². The summed E-state index contributed by atoms with van der Waals surface area (Å²) in [5, 5.41) is 0. The second kappa shape index (κ2) is 7.17. The SMILES string of the molecule is COC(=O)C1(c2ccccc2CCc2nc(N)ncc2C(F)(F)F)CCC1.